The maximum atomic E-state index is 12.6. The molecule has 4 nitrogen and oxygen atoms in total. The van der Waals surface area contributed by atoms with Crippen molar-refractivity contribution in [3.05, 3.63) is 23.9 Å². The van der Waals surface area contributed by atoms with E-state index in [4.69, 9.17) is 0 Å². The highest BCUT2D eigenvalue weighted by atomic mass is 19.4. The molecule has 22 heavy (non-hydrogen) atoms. The second-order valence-corrected chi connectivity index (χ2v) is 5.61. The molecule has 2 rings (SSSR count). The lowest BCUT2D eigenvalue weighted by molar-refractivity contribution is -0.141. The molecule has 7 heteroatoms. The predicted octanol–water partition coefficient (Wildman–Crippen LogP) is 2.54. The summed E-state index contributed by atoms with van der Waals surface area (Å²) >= 11 is 0. The van der Waals surface area contributed by atoms with Crippen molar-refractivity contribution < 1.29 is 13.2 Å². The van der Waals surface area contributed by atoms with Gasteiger partial charge in [0.1, 0.15) is 11.5 Å². The van der Waals surface area contributed by atoms with Crippen molar-refractivity contribution in [2.45, 2.75) is 26.1 Å². The van der Waals surface area contributed by atoms with Crippen LogP contribution in [0.1, 0.15) is 19.5 Å². The van der Waals surface area contributed by atoms with Gasteiger partial charge < -0.3 is 10.2 Å². The minimum atomic E-state index is -4.40. The van der Waals surface area contributed by atoms with Crippen molar-refractivity contribution in [3.8, 4) is 0 Å². The van der Waals surface area contributed by atoms with Gasteiger partial charge in [0.25, 0.3) is 0 Å². The molecule has 124 valence electrons. The van der Waals surface area contributed by atoms with Crippen LogP contribution in [0.4, 0.5) is 19.0 Å². The molecule has 0 aliphatic carbocycles. The van der Waals surface area contributed by atoms with Crippen LogP contribution in [0.3, 0.4) is 0 Å². The van der Waals surface area contributed by atoms with E-state index in [1.54, 1.807) is 6.07 Å². The Balaban J connectivity index is 1.85. The van der Waals surface area contributed by atoms with Crippen LogP contribution in [0, 0.1) is 0 Å². The lowest BCUT2D eigenvalue weighted by Gasteiger charge is -2.37. The summed E-state index contributed by atoms with van der Waals surface area (Å²) in [6, 6.07) is 4.19. The molecular formula is C15H23F3N4. The van der Waals surface area contributed by atoms with E-state index in [0.717, 1.165) is 38.8 Å². The standard InChI is InChI=1S/C15H23F3N4/c1-3-21-7-9-22(10-8-21)12(2)11-19-14-6-4-5-13(20-14)15(16,17)18/h4-6,12H,3,7-11H2,1-2H3,(H,19,20)/t12-/m1/s1. The molecule has 1 fully saturated rings. The van der Waals surface area contributed by atoms with Gasteiger partial charge in [-0.25, -0.2) is 4.98 Å². The molecule has 1 aliphatic heterocycles. The van der Waals surface area contributed by atoms with E-state index in [2.05, 4.69) is 33.9 Å². The number of nitrogens with zero attached hydrogens (tertiary/aromatic N) is 3. The Morgan fingerprint density at radius 2 is 1.91 bits per heavy atom. The van der Waals surface area contributed by atoms with Crippen molar-refractivity contribution in [1.82, 2.24) is 14.8 Å². The number of likely N-dealkylation sites (N-methyl/N-ethyl adjacent to an activating group) is 1. The average molecular weight is 316 g/mol. The predicted molar refractivity (Wildman–Crippen MR) is 80.9 cm³/mol. The maximum absolute atomic E-state index is 12.6. The number of nitrogens with one attached hydrogen (secondary N) is 1. The Bertz CT molecular complexity index is 470. The van der Waals surface area contributed by atoms with Gasteiger partial charge in [0.2, 0.25) is 0 Å². The number of hydrogen-bond donors (Lipinski definition) is 1. The van der Waals surface area contributed by atoms with Crippen LogP contribution >= 0.6 is 0 Å². The molecule has 1 aliphatic rings. The Morgan fingerprint density at radius 1 is 1.23 bits per heavy atom. The lowest BCUT2D eigenvalue weighted by atomic mass is 10.2. The fourth-order valence-corrected chi connectivity index (χ4v) is 2.59. The van der Waals surface area contributed by atoms with E-state index in [0.29, 0.717) is 6.54 Å². The highest BCUT2D eigenvalue weighted by Gasteiger charge is 2.32. The van der Waals surface area contributed by atoms with Gasteiger partial charge in [-0.3, -0.25) is 4.90 Å². The van der Waals surface area contributed by atoms with Crippen molar-refractivity contribution in [3.63, 3.8) is 0 Å². The van der Waals surface area contributed by atoms with Crippen molar-refractivity contribution in [1.29, 1.82) is 0 Å². The third-order valence-electron chi connectivity index (χ3n) is 4.10. The molecule has 0 bridgehead atoms. The van der Waals surface area contributed by atoms with Crippen LogP contribution in [0.25, 0.3) is 0 Å². The quantitative estimate of drug-likeness (QED) is 0.904. The number of hydrogen-bond acceptors (Lipinski definition) is 4. The number of rotatable bonds is 5. The fraction of sp³-hybridized carbons (Fsp3) is 0.667. The number of piperazine rings is 1. The lowest BCUT2D eigenvalue weighted by Crippen LogP contribution is -2.51. The third kappa shape index (κ3) is 4.58. The van der Waals surface area contributed by atoms with Gasteiger partial charge in [-0.15, -0.1) is 0 Å². The highest BCUT2D eigenvalue weighted by Crippen LogP contribution is 2.28. The Labute approximate surface area is 129 Å². The van der Waals surface area contributed by atoms with E-state index in [-0.39, 0.29) is 11.9 Å². The Hall–Kier alpha value is -1.34. The monoisotopic (exact) mass is 316 g/mol. The van der Waals surface area contributed by atoms with E-state index < -0.39 is 11.9 Å². The molecule has 0 unspecified atom stereocenters. The summed E-state index contributed by atoms with van der Waals surface area (Å²) in [6.45, 7) is 9.96. The zero-order valence-electron chi connectivity index (χ0n) is 13.0. The molecular weight excluding hydrogens is 293 g/mol. The minimum absolute atomic E-state index is 0.260. The minimum Gasteiger partial charge on any atom is -0.368 e. The van der Waals surface area contributed by atoms with Crippen LogP contribution in [0.15, 0.2) is 18.2 Å². The highest BCUT2D eigenvalue weighted by molar-refractivity contribution is 5.36. The molecule has 1 N–H and O–H groups in total. The average Bonchev–Trinajstić information content (AvgIpc) is 2.52. The largest absolute Gasteiger partial charge is 0.433 e. The second-order valence-electron chi connectivity index (χ2n) is 5.61. The number of aromatic nitrogens is 1. The summed E-state index contributed by atoms with van der Waals surface area (Å²) < 4.78 is 37.9. The summed E-state index contributed by atoms with van der Waals surface area (Å²) in [4.78, 5) is 8.37. The Kier molecular flexibility index (Phi) is 5.63. The van der Waals surface area contributed by atoms with E-state index >= 15 is 0 Å². The van der Waals surface area contributed by atoms with Crippen LogP contribution in [0.2, 0.25) is 0 Å². The van der Waals surface area contributed by atoms with Gasteiger partial charge in [-0.2, -0.15) is 13.2 Å². The molecule has 0 spiro atoms. The van der Waals surface area contributed by atoms with Gasteiger partial charge >= 0.3 is 6.18 Å². The fourth-order valence-electron chi connectivity index (χ4n) is 2.59. The molecule has 0 radical (unpaired) electrons. The van der Waals surface area contributed by atoms with Crippen molar-refractivity contribution in [2.24, 2.45) is 0 Å². The SMILES string of the molecule is CCN1CCN([C@H](C)CNc2cccc(C(F)(F)F)n2)CC1. The second kappa shape index (κ2) is 7.28. The van der Waals surface area contributed by atoms with Crippen molar-refractivity contribution >= 4 is 5.82 Å². The van der Waals surface area contributed by atoms with E-state index in [1.807, 2.05) is 0 Å². The molecule has 1 aromatic rings. The van der Waals surface area contributed by atoms with E-state index in [9.17, 15) is 13.2 Å². The number of alkyl halides is 3. The first-order valence-electron chi connectivity index (χ1n) is 7.64. The van der Waals surface area contributed by atoms with Crippen molar-refractivity contribution in [2.75, 3.05) is 44.6 Å². The zero-order valence-corrected chi connectivity index (χ0v) is 13.0. The van der Waals surface area contributed by atoms with Crippen LogP contribution in [-0.4, -0.2) is 60.1 Å². The Morgan fingerprint density at radius 3 is 2.50 bits per heavy atom. The number of halogens is 3. The topological polar surface area (TPSA) is 31.4 Å². The summed E-state index contributed by atoms with van der Waals surface area (Å²) in [5.41, 5.74) is -0.860. The maximum Gasteiger partial charge on any atom is 0.433 e. The summed E-state index contributed by atoms with van der Waals surface area (Å²) in [7, 11) is 0. The van der Waals surface area contributed by atoms with E-state index in [1.165, 1.54) is 6.07 Å². The third-order valence-corrected chi connectivity index (χ3v) is 4.10. The smallest absolute Gasteiger partial charge is 0.368 e. The normalized spacial score (nSPS) is 19.1. The summed E-state index contributed by atoms with van der Waals surface area (Å²) in [5, 5.41) is 3.01. The van der Waals surface area contributed by atoms with Crippen LogP contribution in [0.5, 0.6) is 0 Å². The molecule has 2 heterocycles. The molecule has 0 aromatic carbocycles. The number of pyridine rings is 1. The molecule has 1 aromatic heterocycles. The van der Waals surface area contributed by atoms with Crippen LogP contribution in [-0.2, 0) is 6.18 Å². The summed E-state index contributed by atoms with van der Waals surface area (Å²) in [6.07, 6.45) is -4.40. The van der Waals surface area contributed by atoms with Gasteiger partial charge in [0, 0.05) is 38.8 Å². The molecule has 1 saturated heterocycles. The summed E-state index contributed by atoms with van der Waals surface area (Å²) in [5.74, 6) is 0.272. The molecule has 0 amide bonds. The molecule has 1 atom stereocenters. The van der Waals surface area contributed by atoms with Gasteiger partial charge in [0.05, 0.1) is 0 Å². The van der Waals surface area contributed by atoms with Crippen LogP contribution < -0.4 is 5.32 Å². The zero-order chi connectivity index (χ0) is 16.2. The van der Waals surface area contributed by atoms with Gasteiger partial charge in [0.15, 0.2) is 0 Å². The number of anilines is 1. The van der Waals surface area contributed by atoms with Gasteiger partial charge in [-0.05, 0) is 25.6 Å². The first kappa shape index (κ1) is 17.0. The first-order valence-corrected chi connectivity index (χ1v) is 7.64. The molecule has 0 saturated carbocycles. The van der Waals surface area contributed by atoms with Gasteiger partial charge in [-0.1, -0.05) is 13.0 Å². The first-order chi connectivity index (χ1) is 10.4.